The number of fused-ring (bicyclic) bond motifs is 1. The summed E-state index contributed by atoms with van der Waals surface area (Å²) in [5.41, 5.74) is 0.807. The number of hydrogen-bond acceptors (Lipinski definition) is 3. The largest absolute Gasteiger partial charge is 0.338 e. The van der Waals surface area contributed by atoms with Crippen LogP contribution in [0, 0.1) is 0 Å². The molecule has 2 aromatic rings. The number of hydrogen-bond donors (Lipinski definition) is 0. The van der Waals surface area contributed by atoms with Crippen molar-refractivity contribution in [2.24, 2.45) is 0 Å². The van der Waals surface area contributed by atoms with Gasteiger partial charge in [0.15, 0.2) is 0 Å². The third-order valence-electron chi connectivity index (χ3n) is 2.72. The monoisotopic (exact) mass is 252 g/mol. The van der Waals surface area contributed by atoms with Crippen LogP contribution in [-0.2, 0) is 0 Å². The second-order valence-electron chi connectivity index (χ2n) is 3.76. The topological polar surface area (TPSA) is 33.2 Å². The Kier molecular flexibility index (Phi) is 2.33. The number of halogens is 1. The molecule has 1 amide bonds. The van der Waals surface area contributed by atoms with Gasteiger partial charge < -0.3 is 4.90 Å². The number of nitrogens with zero attached hydrogens (tertiary/aromatic N) is 2. The summed E-state index contributed by atoms with van der Waals surface area (Å²) in [4.78, 5) is 18.8. The van der Waals surface area contributed by atoms with E-state index in [1.807, 2.05) is 11.0 Å². The molecule has 0 atom stereocenters. The first-order valence-electron chi connectivity index (χ1n) is 5.09. The summed E-state index contributed by atoms with van der Waals surface area (Å²) in [5.74, 6) is 0.102. The molecule has 5 heteroatoms. The molecule has 3 heterocycles. The predicted molar refractivity (Wildman–Crippen MR) is 65.2 cm³/mol. The van der Waals surface area contributed by atoms with E-state index in [0.717, 1.165) is 34.6 Å². The summed E-state index contributed by atoms with van der Waals surface area (Å²) in [6.45, 7) is 1.74. The third kappa shape index (κ3) is 1.49. The molecule has 0 bridgehead atoms. The minimum Gasteiger partial charge on any atom is -0.338 e. The highest BCUT2D eigenvalue weighted by Gasteiger charge is 2.23. The Balaban J connectivity index is 2.04. The molecule has 1 fully saturated rings. The highest BCUT2D eigenvalue weighted by molar-refractivity contribution is 7.21. The van der Waals surface area contributed by atoms with E-state index >= 15 is 0 Å². The minimum absolute atomic E-state index is 0.102. The normalized spacial score (nSPS) is 15.2. The zero-order chi connectivity index (χ0) is 11.1. The Labute approximate surface area is 102 Å². The van der Waals surface area contributed by atoms with Crippen LogP contribution in [0.25, 0.3) is 10.2 Å². The Hall–Kier alpha value is -1.13. The highest BCUT2D eigenvalue weighted by Crippen LogP contribution is 2.31. The van der Waals surface area contributed by atoms with Crippen molar-refractivity contribution in [3.05, 3.63) is 28.2 Å². The molecule has 3 nitrogen and oxygen atoms in total. The summed E-state index contributed by atoms with van der Waals surface area (Å²) < 4.78 is 0.896. The first kappa shape index (κ1) is 10.1. The van der Waals surface area contributed by atoms with Crippen molar-refractivity contribution < 1.29 is 4.79 Å². The number of thiophene rings is 1. The summed E-state index contributed by atoms with van der Waals surface area (Å²) in [6, 6.07) is 3.57. The van der Waals surface area contributed by atoms with Crippen LogP contribution in [-0.4, -0.2) is 28.9 Å². The number of carbonyl (C=O) groups is 1. The molecule has 1 aliphatic heterocycles. The highest BCUT2D eigenvalue weighted by atomic mass is 35.5. The molecule has 82 valence electrons. The number of pyridine rings is 1. The number of carbonyl (C=O) groups excluding carboxylic acids is 1. The van der Waals surface area contributed by atoms with E-state index in [1.54, 1.807) is 12.3 Å². The van der Waals surface area contributed by atoms with Crippen molar-refractivity contribution in [3.8, 4) is 0 Å². The summed E-state index contributed by atoms with van der Waals surface area (Å²) in [7, 11) is 0. The van der Waals surface area contributed by atoms with Crippen molar-refractivity contribution in [1.82, 2.24) is 9.88 Å². The van der Waals surface area contributed by atoms with Gasteiger partial charge in [0.2, 0.25) is 0 Å². The van der Waals surface area contributed by atoms with Gasteiger partial charge in [0.25, 0.3) is 5.91 Å². The molecule has 0 N–H and O–H groups in total. The van der Waals surface area contributed by atoms with Crippen molar-refractivity contribution in [2.45, 2.75) is 6.42 Å². The maximum atomic E-state index is 12.0. The predicted octanol–water partition coefficient (Wildman–Crippen LogP) is 2.80. The van der Waals surface area contributed by atoms with Crippen molar-refractivity contribution in [3.63, 3.8) is 0 Å². The summed E-state index contributed by atoms with van der Waals surface area (Å²) >= 11 is 7.47. The average molecular weight is 253 g/mol. The fraction of sp³-hybridized carbons (Fsp3) is 0.273. The lowest BCUT2D eigenvalue weighted by Gasteiger charge is -2.30. The number of rotatable bonds is 1. The van der Waals surface area contributed by atoms with E-state index < -0.39 is 0 Å². The first-order chi connectivity index (χ1) is 7.75. The minimum atomic E-state index is 0.102. The maximum Gasteiger partial charge on any atom is 0.264 e. The third-order valence-corrected chi connectivity index (χ3v) is 4.29. The van der Waals surface area contributed by atoms with Gasteiger partial charge in [-0.1, -0.05) is 11.6 Å². The molecule has 16 heavy (non-hydrogen) atoms. The number of amides is 1. The average Bonchev–Trinajstić information content (AvgIpc) is 2.60. The van der Waals surface area contributed by atoms with E-state index in [0.29, 0.717) is 5.02 Å². The van der Waals surface area contributed by atoms with Gasteiger partial charge in [-0.25, -0.2) is 0 Å². The molecule has 0 aromatic carbocycles. The van der Waals surface area contributed by atoms with Gasteiger partial charge in [0.05, 0.1) is 20.1 Å². The Morgan fingerprint density at radius 2 is 2.31 bits per heavy atom. The van der Waals surface area contributed by atoms with Crippen molar-refractivity contribution in [1.29, 1.82) is 0 Å². The summed E-state index contributed by atoms with van der Waals surface area (Å²) in [5, 5.41) is 0.664. The lowest BCUT2D eigenvalue weighted by molar-refractivity contribution is 0.0657. The molecule has 3 rings (SSSR count). The molecule has 0 unspecified atom stereocenters. The Morgan fingerprint density at radius 1 is 1.50 bits per heavy atom. The van der Waals surface area contributed by atoms with E-state index in [4.69, 9.17) is 11.6 Å². The molecule has 1 saturated heterocycles. The number of aromatic nitrogens is 1. The van der Waals surface area contributed by atoms with Gasteiger partial charge in [-0.05, 0) is 18.6 Å². The van der Waals surface area contributed by atoms with Crippen LogP contribution in [0.5, 0.6) is 0 Å². The Morgan fingerprint density at radius 3 is 2.94 bits per heavy atom. The van der Waals surface area contributed by atoms with Crippen LogP contribution in [0.3, 0.4) is 0 Å². The van der Waals surface area contributed by atoms with Gasteiger partial charge in [0, 0.05) is 19.3 Å². The Bertz CT molecular complexity index is 562. The molecule has 0 aliphatic carbocycles. The molecular weight excluding hydrogens is 244 g/mol. The van der Waals surface area contributed by atoms with Gasteiger partial charge >= 0.3 is 0 Å². The van der Waals surface area contributed by atoms with E-state index in [-0.39, 0.29) is 5.91 Å². The van der Waals surface area contributed by atoms with E-state index in [9.17, 15) is 4.79 Å². The van der Waals surface area contributed by atoms with Crippen LogP contribution in [0.2, 0.25) is 5.02 Å². The van der Waals surface area contributed by atoms with Gasteiger partial charge in [-0.3, -0.25) is 9.78 Å². The SMILES string of the molecule is O=C(c1cc2nccc(Cl)c2s1)N1CCC1. The molecule has 1 aliphatic rings. The fourth-order valence-electron chi connectivity index (χ4n) is 1.69. The van der Waals surface area contributed by atoms with Crippen LogP contribution < -0.4 is 0 Å². The quantitative estimate of drug-likeness (QED) is 0.782. The van der Waals surface area contributed by atoms with Crippen molar-refractivity contribution in [2.75, 3.05) is 13.1 Å². The lowest BCUT2D eigenvalue weighted by Crippen LogP contribution is -2.41. The van der Waals surface area contributed by atoms with Crippen LogP contribution in [0.1, 0.15) is 16.1 Å². The second-order valence-corrected chi connectivity index (χ2v) is 5.22. The van der Waals surface area contributed by atoms with Crippen LogP contribution in [0.4, 0.5) is 0 Å². The molecular formula is C11H9ClN2OS. The lowest BCUT2D eigenvalue weighted by atomic mass is 10.2. The molecule has 0 saturated carbocycles. The standard InChI is InChI=1S/C11H9ClN2OS/c12-7-2-3-13-8-6-9(16-10(7)8)11(15)14-4-1-5-14/h2-3,6H,1,4-5H2. The van der Waals surface area contributed by atoms with Crippen molar-refractivity contribution >= 4 is 39.1 Å². The first-order valence-corrected chi connectivity index (χ1v) is 6.28. The molecule has 2 aromatic heterocycles. The van der Waals surface area contributed by atoms with Gasteiger partial charge in [-0.2, -0.15) is 0 Å². The van der Waals surface area contributed by atoms with Crippen LogP contribution >= 0.6 is 22.9 Å². The van der Waals surface area contributed by atoms with Gasteiger partial charge in [0.1, 0.15) is 0 Å². The zero-order valence-electron chi connectivity index (χ0n) is 8.44. The van der Waals surface area contributed by atoms with E-state index in [2.05, 4.69) is 4.98 Å². The number of likely N-dealkylation sites (tertiary alicyclic amines) is 1. The summed E-state index contributed by atoms with van der Waals surface area (Å²) in [6.07, 6.45) is 2.77. The second kappa shape index (κ2) is 3.71. The smallest absolute Gasteiger partial charge is 0.264 e. The zero-order valence-corrected chi connectivity index (χ0v) is 10.0. The fourth-order valence-corrected chi connectivity index (χ4v) is 2.95. The van der Waals surface area contributed by atoms with Gasteiger partial charge in [-0.15, -0.1) is 11.3 Å². The molecule has 0 radical (unpaired) electrons. The van der Waals surface area contributed by atoms with Crippen LogP contribution in [0.15, 0.2) is 18.3 Å². The maximum absolute atomic E-state index is 12.0. The van der Waals surface area contributed by atoms with E-state index in [1.165, 1.54) is 11.3 Å². The molecule has 0 spiro atoms.